The Labute approximate surface area is 106 Å². The molecule has 2 atom stereocenters. The fourth-order valence-electron chi connectivity index (χ4n) is 1.46. The molecule has 2 N–H and O–H groups in total. The first kappa shape index (κ1) is 14.6. The normalized spacial score (nSPS) is 15.8. The molecule has 0 saturated heterocycles. The second-order valence-electron chi connectivity index (χ2n) is 4.06. The maximum Gasteiger partial charge on any atom is 0.217 e. The molecular weight excluding hydrogens is 260 g/mol. The Morgan fingerprint density at radius 1 is 1.41 bits per heavy atom. The summed E-state index contributed by atoms with van der Waals surface area (Å²) in [6.07, 6.45) is 0. The van der Waals surface area contributed by atoms with Gasteiger partial charge in [-0.15, -0.1) is 11.3 Å². The second kappa shape index (κ2) is 5.43. The van der Waals surface area contributed by atoms with Gasteiger partial charge in [-0.1, -0.05) is 0 Å². The summed E-state index contributed by atoms with van der Waals surface area (Å²) >= 11 is 1.48. The van der Waals surface area contributed by atoms with Crippen LogP contribution in [0.2, 0.25) is 0 Å². The molecule has 0 amide bonds. The van der Waals surface area contributed by atoms with E-state index < -0.39 is 15.3 Å². The third-order valence-electron chi connectivity index (χ3n) is 2.46. The molecule has 5 nitrogen and oxygen atoms in total. The zero-order valence-corrected chi connectivity index (χ0v) is 12.0. The van der Waals surface area contributed by atoms with E-state index in [1.807, 2.05) is 13.8 Å². The van der Waals surface area contributed by atoms with Gasteiger partial charge < -0.3 is 5.11 Å². The van der Waals surface area contributed by atoms with Crippen LogP contribution in [-0.4, -0.2) is 30.4 Å². The maximum atomic E-state index is 11.8. The average Bonchev–Trinajstić information content (AvgIpc) is 2.56. The standard InChI is InChI=1S/C10H18N2O3S2/c1-6(5-13)17(14,15)12-8(3)10-7(2)11-9(4)16-10/h6,8,12-13H,5H2,1-4H3. The summed E-state index contributed by atoms with van der Waals surface area (Å²) < 4.78 is 26.1. The summed E-state index contributed by atoms with van der Waals surface area (Å²) in [6, 6.07) is -0.319. The van der Waals surface area contributed by atoms with E-state index in [1.165, 1.54) is 18.3 Å². The van der Waals surface area contributed by atoms with E-state index in [9.17, 15) is 8.42 Å². The van der Waals surface area contributed by atoms with Gasteiger partial charge in [0, 0.05) is 4.88 Å². The summed E-state index contributed by atoms with van der Waals surface area (Å²) in [5.74, 6) is 0. The zero-order valence-electron chi connectivity index (χ0n) is 10.4. The Hall–Kier alpha value is -0.500. The van der Waals surface area contributed by atoms with E-state index in [1.54, 1.807) is 6.92 Å². The Bertz CT molecular complexity index is 482. The van der Waals surface area contributed by atoms with E-state index in [4.69, 9.17) is 5.11 Å². The van der Waals surface area contributed by atoms with Gasteiger partial charge in [-0.05, 0) is 27.7 Å². The van der Waals surface area contributed by atoms with Gasteiger partial charge in [0.2, 0.25) is 10.0 Å². The number of aryl methyl sites for hydroxylation is 2. The molecular formula is C10H18N2O3S2. The number of aliphatic hydroxyl groups is 1. The number of thiazole rings is 1. The van der Waals surface area contributed by atoms with Gasteiger partial charge in [-0.2, -0.15) is 0 Å². The predicted octanol–water partition coefficient (Wildman–Crippen LogP) is 1.12. The summed E-state index contributed by atoms with van der Waals surface area (Å²) in [5.41, 5.74) is 0.847. The highest BCUT2D eigenvalue weighted by molar-refractivity contribution is 7.90. The topological polar surface area (TPSA) is 79.3 Å². The number of nitrogens with one attached hydrogen (secondary N) is 1. The molecule has 7 heteroatoms. The van der Waals surface area contributed by atoms with Crippen LogP contribution in [0.4, 0.5) is 0 Å². The smallest absolute Gasteiger partial charge is 0.217 e. The molecule has 0 aromatic carbocycles. The van der Waals surface area contributed by atoms with Crippen LogP contribution in [0.15, 0.2) is 0 Å². The summed E-state index contributed by atoms with van der Waals surface area (Å²) in [7, 11) is -3.49. The van der Waals surface area contributed by atoms with E-state index in [0.29, 0.717) is 0 Å². The number of hydrogen-bond acceptors (Lipinski definition) is 5. The summed E-state index contributed by atoms with van der Waals surface area (Å²) in [6.45, 7) is 6.61. The fourth-order valence-corrected chi connectivity index (χ4v) is 3.51. The van der Waals surface area contributed by atoms with Crippen molar-refractivity contribution in [2.75, 3.05) is 6.61 Å². The Morgan fingerprint density at radius 3 is 2.41 bits per heavy atom. The van der Waals surface area contributed by atoms with Crippen molar-refractivity contribution in [2.24, 2.45) is 0 Å². The van der Waals surface area contributed by atoms with Gasteiger partial charge in [0.05, 0.1) is 28.6 Å². The highest BCUT2D eigenvalue weighted by Crippen LogP contribution is 2.25. The van der Waals surface area contributed by atoms with E-state index >= 15 is 0 Å². The average molecular weight is 278 g/mol. The molecule has 0 bridgehead atoms. The van der Waals surface area contributed by atoms with E-state index in [2.05, 4.69) is 9.71 Å². The fraction of sp³-hybridized carbons (Fsp3) is 0.700. The highest BCUT2D eigenvalue weighted by atomic mass is 32.2. The maximum absolute atomic E-state index is 11.8. The molecule has 98 valence electrons. The van der Waals surface area contributed by atoms with Gasteiger partial charge in [0.25, 0.3) is 0 Å². The molecule has 1 heterocycles. The summed E-state index contributed by atoms with van der Waals surface area (Å²) in [5, 5.41) is 8.99. The second-order valence-corrected chi connectivity index (χ2v) is 7.43. The first-order valence-corrected chi connectivity index (χ1v) is 7.70. The monoisotopic (exact) mass is 278 g/mol. The molecule has 0 aliphatic heterocycles. The van der Waals surface area contributed by atoms with Gasteiger partial charge in [-0.25, -0.2) is 18.1 Å². The molecule has 0 aliphatic carbocycles. The van der Waals surface area contributed by atoms with Gasteiger partial charge >= 0.3 is 0 Å². The van der Waals surface area contributed by atoms with Crippen LogP contribution in [0.25, 0.3) is 0 Å². The number of aromatic nitrogens is 1. The largest absolute Gasteiger partial charge is 0.395 e. The van der Waals surface area contributed by atoms with Gasteiger partial charge in [0.1, 0.15) is 0 Å². The molecule has 0 saturated carbocycles. The van der Waals surface area contributed by atoms with Crippen LogP contribution in [-0.2, 0) is 10.0 Å². The lowest BCUT2D eigenvalue weighted by molar-refractivity contribution is 0.294. The lowest BCUT2D eigenvalue weighted by Gasteiger charge is -2.16. The number of aliphatic hydroxyl groups excluding tert-OH is 1. The van der Waals surface area contributed by atoms with Crippen LogP contribution >= 0.6 is 11.3 Å². The van der Waals surface area contributed by atoms with Crippen LogP contribution in [0.1, 0.15) is 35.5 Å². The van der Waals surface area contributed by atoms with E-state index in [0.717, 1.165) is 15.6 Å². The quantitative estimate of drug-likeness (QED) is 0.846. The minimum Gasteiger partial charge on any atom is -0.395 e. The lowest BCUT2D eigenvalue weighted by Crippen LogP contribution is -2.36. The van der Waals surface area contributed by atoms with Crippen molar-refractivity contribution in [3.63, 3.8) is 0 Å². The molecule has 0 fully saturated rings. The lowest BCUT2D eigenvalue weighted by atomic mass is 10.2. The number of nitrogens with zero attached hydrogens (tertiary/aromatic N) is 1. The van der Waals surface area contributed by atoms with Crippen molar-refractivity contribution in [3.8, 4) is 0 Å². The third kappa shape index (κ3) is 3.48. The van der Waals surface area contributed by atoms with Crippen LogP contribution in [0.5, 0.6) is 0 Å². The number of hydrogen-bond donors (Lipinski definition) is 2. The van der Waals surface area contributed by atoms with Gasteiger partial charge in [0.15, 0.2) is 0 Å². The molecule has 0 spiro atoms. The Kier molecular flexibility index (Phi) is 4.65. The zero-order chi connectivity index (χ0) is 13.2. The van der Waals surface area contributed by atoms with Gasteiger partial charge in [-0.3, -0.25) is 0 Å². The van der Waals surface area contributed by atoms with Crippen molar-refractivity contribution in [2.45, 2.75) is 39.0 Å². The van der Waals surface area contributed by atoms with Crippen molar-refractivity contribution in [1.82, 2.24) is 9.71 Å². The van der Waals surface area contributed by atoms with Crippen LogP contribution in [0, 0.1) is 13.8 Å². The minimum absolute atomic E-state index is 0.319. The highest BCUT2D eigenvalue weighted by Gasteiger charge is 2.24. The van der Waals surface area contributed by atoms with Crippen molar-refractivity contribution in [1.29, 1.82) is 0 Å². The molecule has 2 unspecified atom stereocenters. The number of sulfonamides is 1. The first-order chi connectivity index (χ1) is 7.77. The van der Waals surface area contributed by atoms with Crippen molar-refractivity contribution < 1.29 is 13.5 Å². The minimum atomic E-state index is -3.49. The van der Waals surface area contributed by atoms with E-state index in [-0.39, 0.29) is 12.6 Å². The van der Waals surface area contributed by atoms with Crippen LogP contribution < -0.4 is 4.72 Å². The van der Waals surface area contributed by atoms with Crippen LogP contribution in [0.3, 0.4) is 0 Å². The predicted molar refractivity (Wildman–Crippen MR) is 68.6 cm³/mol. The van der Waals surface area contributed by atoms with Crippen molar-refractivity contribution >= 4 is 21.4 Å². The van der Waals surface area contributed by atoms with Crippen molar-refractivity contribution in [3.05, 3.63) is 15.6 Å². The first-order valence-electron chi connectivity index (χ1n) is 5.34. The Balaban J connectivity index is 2.86. The molecule has 17 heavy (non-hydrogen) atoms. The molecule has 1 aromatic rings. The third-order valence-corrected chi connectivity index (χ3v) is 5.61. The summed E-state index contributed by atoms with van der Waals surface area (Å²) in [4.78, 5) is 5.17. The SMILES string of the molecule is Cc1nc(C)c(C(C)NS(=O)(=O)C(C)CO)s1. The molecule has 1 aromatic heterocycles. The molecule has 1 rings (SSSR count). The number of rotatable bonds is 5. The molecule has 0 aliphatic rings. The molecule has 0 radical (unpaired) electrons. The Morgan fingerprint density at radius 2 is 2.00 bits per heavy atom.